The molecule has 0 radical (unpaired) electrons. The van der Waals surface area contributed by atoms with Crippen LogP contribution in [0.3, 0.4) is 0 Å². The standard InChI is InChI=1S/C19H14F3N.C2H6/c1-12-8-9-15(13-6-4-3-5-7-13)19(23(12)2)18-16(21)10-14(20)11-17(18)22;1-2/h3-11H,1H2,2H3;1-2H3. The highest BCUT2D eigenvalue weighted by molar-refractivity contribution is 5.97. The first kappa shape index (κ1) is 18.6. The summed E-state index contributed by atoms with van der Waals surface area (Å²) in [6, 6.07) is 10.6. The van der Waals surface area contributed by atoms with Crippen LogP contribution in [0.5, 0.6) is 0 Å². The molecule has 0 aliphatic carbocycles. The van der Waals surface area contributed by atoms with Crippen LogP contribution in [0.1, 0.15) is 25.0 Å². The minimum Gasteiger partial charge on any atom is -0.344 e. The molecule has 0 aromatic heterocycles. The van der Waals surface area contributed by atoms with E-state index in [-0.39, 0.29) is 5.56 Å². The normalized spacial score (nSPS) is 13.7. The summed E-state index contributed by atoms with van der Waals surface area (Å²) in [7, 11) is 1.67. The molecule has 1 aliphatic rings. The second kappa shape index (κ2) is 7.88. The number of benzene rings is 2. The summed E-state index contributed by atoms with van der Waals surface area (Å²) in [5.74, 6) is -2.83. The number of likely N-dealkylation sites (N-methyl/N-ethyl adjacent to an activating group) is 1. The first-order valence-electron chi connectivity index (χ1n) is 8.04. The summed E-state index contributed by atoms with van der Waals surface area (Å²) in [5.41, 5.74) is 2.09. The van der Waals surface area contributed by atoms with Crippen molar-refractivity contribution in [1.29, 1.82) is 0 Å². The van der Waals surface area contributed by atoms with Gasteiger partial charge in [-0.25, -0.2) is 13.2 Å². The molecular weight excluding hydrogens is 323 g/mol. The fourth-order valence-electron chi connectivity index (χ4n) is 2.62. The van der Waals surface area contributed by atoms with E-state index in [0.29, 0.717) is 29.1 Å². The Bertz CT molecular complexity index is 812. The first-order valence-corrected chi connectivity index (χ1v) is 8.04. The molecule has 0 amide bonds. The van der Waals surface area contributed by atoms with Gasteiger partial charge in [-0.3, -0.25) is 0 Å². The zero-order valence-corrected chi connectivity index (χ0v) is 14.5. The Kier molecular flexibility index (Phi) is 5.86. The highest BCUT2D eigenvalue weighted by Gasteiger charge is 2.25. The number of hydrogen-bond acceptors (Lipinski definition) is 1. The quantitative estimate of drug-likeness (QED) is 0.645. The van der Waals surface area contributed by atoms with Gasteiger partial charge in [-0.15, -0.1) is 0 Å². The molecule has 1 aliphatic heterocycles. The third-order valence-corrected chi connectivity index (χ3v) is 3.79. The van der Waals surface area contributed by atoms with Crippen molar-refractivity contribution in [3.05, 3.63) is 95.5 Å². The highest BCUT2D eigenvalue weighted by Crippen LogP contribution is 2.37. The lowest BCUT2D eigenvalue weighted by Gasteiger charge is -2.29. The second-order valence-electron chi connectivity index (χ2n) is 5.26. The lowest BCUT2D eigenvalue weighted by Crippen LogP contribution is -2.20. The zero-order valence-electron chi connectivity index (χ0n) is 14.5. The van der Waals surface area contributed by atoms with Crippen molar-refractivity contribution in [3.63, 3.8) is 0 Å². The maximum atomic E-state index is 14.3. The summed E-state index contributed by atoms with van der Waals surface area (Å²) in [6.45, 7) is 7.86. The van der Waals surface area contributed by atoms with Crippen LogP contribution in [0.2, 0.25) is 0 Å². The number of allylic oxidation sites excluding steroid dienone is 3. The molecule has 1 heterocycles. The summed E-state index contributed by atoms with van der Waals surface area (Å²) in [4.78, 5) is 1.60. The van der Waals surface area contributed by atoms with Gasteiger partial charge in [0.05, 0.1) is 11.3 Å². The van der Waals surface area contributed by atoms with E-state index in [9.17, 15) is 13.2 Å². The summed E-state index contributed by atoms with van der Waals surface area (Å²) in [6.07, 6.45) is 3.53. The van der Waals surface area contributed by atoms with E-state index in [4.69, 9.17) is 0 Å². The molecule has 0 spiro atoms. The minimum absolute atomic E-state index is 0.266. The van der Waals surface area contributed by atoms with Crippen molar-refractivity contribution >= 4 is 11.3 Å². The number of halogens is 3. The largest absolute Gasteiger partial charge is 0.344 e. The molecule has 2 aromatic rings. The molecule has 0 saturated carbocycles. The van der Waals surface area contributed by atoms with Crippen LogP contribution in [0, 0.1) is 17.5 Å². The van der Waals surface area contributed by atoms with Gasteiger partial charge in [-0.2, -0.15) is 0 Å². The minimum atomic E-state index is -0.946. The molecule has 130 valence electrons. The van der Waals surface area contributed by atoms with Crippen LogP contribution in [-0.2, 0) is 0 Å². The average molecular weight is 343 g/mol. The van der Waals surface area contributed by atoms with E-state index in [1.54, 1.807) is 24.1 Å². The van der Waals surface area contributed by atoms with Gasteiger partial charge in [0, 0.05) is 30.5 Å². The van der Waals surface area contributed by atoms with Crippen molar-refractivity contribution < 1.29 is 13.2 Å². The van der Waals surface area contributed by atoms with Gasteiger partial charge >= 0.3 is 0 Å². The molecule has 1 nitrogen and oxygen atoms in total. The van der Waals surface area contributed by atoms with Gasteiger partial charge in [0.2, 0.25) is 0 Å². The summed E-state index contributed by atoms with van der Waals surface area (Å²) < 4.78 is 41.8. The number of rotatable bonds is 2. The Labute approximate surface area is 146 Å². The van der Waals surface area contributed by atoms with E-state index in [1.165, 1.54) is 0 Å². The van der Waals surface area contributed by atoms with E-state index in [2.05, 4.69) is 6.58 Å². The Morgan fingerprint density at radius 1 is 0.880 bits per heavy atom. The van der Waals surface area contributed by atoms with Crippen LogP contribution in [0.4, 0.5) is 13.2 Å². The van der Waals surface area contributed by atoms with Gasteiger partial charge in [0.25, 0.3) is 0 Å². The average Bonchev–Trinajstić information content (AvgIpc) is 2.60. The maximum Gasteiger partial charge on any atom is 0.138 e. The molecule has 0 saturated heterocycles. The Hall–Kier alpha value is -2.75. The van der Waals surface area contributed by atoms with Gasteiger partial charge in [0.1, 0.15) is 17.5 Å². The van der Waals surface area contributed by atoms with Crippen LogP contribution in [-0.4, -0.2) is 11.9 Å². The number of hydrogen-bond donors (Lipinski definition) is 0. The van der Waals surface area contributed by atoms with Crippen LogP contribution in [0.15, 0.2) is 66.9 Å². The molecule has 3 rings (SSSR count). The van der Waals surface area contributed by atoms with Crippen LogP contribution < -0.4 is 0 Å². The molecule has 0 atom stereocenters. The molecule has 25 heavy (non-hydrogen) atoms. The molecule has 0 unspecified atom stereocenters. The second-order valence-corrected chi connectivity index (χ2v) is 5.26. The van der Waals surface area contributed by atoms with Crippen LogP contribution in [0.25, 0.3) is 11.3 Å². The van der Waals surface area contributed by atoms with E-state index in [1.807, 2.05) is 44.2 Å². The Morgan fingerprint density at radius 2 is 1.44 bits per heavy atom. The highest BCUT2D eigenvalue weighted by atomic mass is 19.1. The van der Waals surface area contributed by atoms with Crippen molar-refractivity contribution in [3.8, 4) is 0 Å². The van der Waals surface area contributed by atoms with E-state index in [0.717, 1.165) is 5.56 Å². The van der Waals surface area contributed by atoms with Gasteiger partial charge < -0.3 is 4.90 Å². The molecule has 0 fully saturated rings. The van der Waals surface area contributed by atoms with Crippen molar-refractivity contribution in [2.45, 2.75) is 13.8 Å². The summed E-state index contributed by atoms with van der Waals surface area (Å²) in [5, 5.41) is 0. The molecule has 2 aromatic carbocycles. The predicted octanol–water partition coefficient (Wildman–Crippen LogP) is 6.01. The molecule has 4 heteroatoms. The SMILES string of the molecule is C=C1C=CC(c2ccccc2)=C(c2c(F)cc(F)cc2F)N1C.CC. The maximum absolute atomic E-state index is 14.3. The Morgan fingerprint density at radius 3 is 2.00 bits per heavy atom. The lowest BCUT2D eigenvalue weighted by atomic mass is 9.94. The zero-order chi connectivity index (χ0) is 18.6. The fraction of sp³-hybridized carbons (Fsp3) is 0.143. The molecule has 0 N–H and O–H groups in total. The third kappa shape index (κ3) is 3.68. The van der Waals surface area contributed by atoms with Crippen molar-refractivity contribution in [1.82, 2.24) is 4.90 Å². The smallest absolute Gasteiger partial charge is 0.138 e. The monoisotopic (exact) mass is 343 g/mol. The fourth-order valence-corrected chi connectivity index (χ4v) is 2.62. The third-order valence-electron chi connectivity index (χ3n) is 3.79. The summed E-state index contributed by atoms with van der Waals surface area (Å²) >= 11 is 0. The molecular formula is C21H20F3N. The Balaban J connectivity index is 0.00000109. The van der Waals surface area contributed by atoms with Crippen molar-refractivity contribution in [2.24, 2.45) is 0 Å². The first-order chi connectivity index (χ1) is 12.0. The van der Waals surface area contributed by atoms with Gasteiger partial charge in [-0.05, 0) is 11.6 Å². The predicted molar refractivity (Wildman–Crippen MR) is 97.0 cm³/mol. The van der Waals surface area contributed by atoms with Gasteiger partial charge in [0.15, 0.2) is 0 Å². The van der Waals surface area contributed by atoms with E-state index < -0.39 is 17.5 Å². The van der Waals surface area contributed by atoms with Crippen molar-refractivity contribution in [2.75, 3.05) is 7.05 Å². The van der Waals surface area contributed by atoms with Gasteiger partial charge in [-0.1, -0.05) is 56.8 Å². The number of nitrogens with zero attached hydrogens (tertiary/aromatic N) is 1. The van der Waals surface area contributed by atoms with E-state index >= 15 is 0 Å². The topological polar surface area (TPSA) is 3.24 Å². The van der Waals surface area contributed by atoms with Crippen LogP contribution >= 0.6 is 0 Å². The molecule has 0 bridgehead atoms. The lowest BCUT2D eigenvalue weighted by molar-refractivity contribution is 0.525.